The van der Waals surface area contributed by atoms with Crippen molar-refractivity contribution in [1.29, 1.82) is 0 Å². The van der Waals surface area contributed by atoms with Crippen LogP contribution < -0.4 is 10.1 Å². The Hall–Kier alpha value is -1.62. The van der Waals surface area contributed by atoms with Gasteiger partial charge in [0, 0.05) is 24.8 Å². The van der Waals surface area contributed by atoms with E-state index in [1.165, 1.54) is 0 Å². The minimum atomic E-state index is -0.104. The molecule has 5 nitrogen and oxygen atoms in total. The van der Waals surface area contributed by atoms with Crippen LogP contribution in [-0.2, 0) is 4.74 Å². The van der Waals surface area contributed by atoms with Gasteiger partial charge >= 0.3 is 0 Å². The molecule has 1 aliphatic carbocycles. The molecular formula is C16H22N2O3. The standard InChI is InChI=1S/C16H22N2O3/c1-10(2)21-16-12(5-3-7-17-16)15(19)18-13-9-14-11(13)6-4-8-20-14/h3,5,7,10-11,13-14H,4,6,8-9H2,1-2H3,(H,18,19)/t11-,13+,14-/m0/s1. The number of carbonyl (C=O) groups is 1. The van der Waals surface area contributed by atoms with Crippen molar-refractivity contribution in [3.8, 4) is 5.88 Å². The minimum Gasteiger partial charge on any atom is -0.474 e. The lowest BCUT2D eigenvalue weighted by Crippen LogP contribution is -2.57. The number of aromatic nitrogens is 1. The van der Waals surface area contributed by atoms with Crippen LogP contribution in [-0.4, -0.2) is 35.7 Å². The van der Waals surface area contributed by atoms with E-state index in [0.717, 1.165) is 25.9 Å². The first-order valence-corrected chi connectivity index (χ1v) is 7.69. The van der Waals surface area contributed by atoms with Gasteiger partial charge in [0.1, 0.15) is 5.56 Å². The first kappa shape index (κ1) is 14.3. The van der Waals surface area contributed by atoms with Crippen LogP contribution in [0.25, 0.3) is 0 Å². The molecule has 0 aromatic carbocycles. The van der Waals surface area contributed by atoms with Gasteiger partial charge in [-0.25, -0.2) is 4.98 Å². The molecule has 21 heavy (non-hydrogen) atoms. The van der Waals surface area contributed by atoms with Crippen molar-refractivity contribution < 1.29 is 14.3 Å². The maximum atomic E-state index is 12.5. The summed E-state index contributed by atoms with van der Waals surface area (Å²) in [6, 6.07) is 3.73. The normalized spacial score (nSPS) is 27.7. The fourth-order valence-corrected chi connectivity index (χ4v) is 3.09. The van der Waals surface area contributed by atoms with Crippen LogP contribution in [0.1, 0.15) is 43.5 Å². The monoisotopic (exact) mass is 290 g/mol. The fourth-order valence-electron chi connectivity index (χ4n) is 3.09. The predicted octanol–water partition coefficient (Wildman–Crippen LogP) is 2.17. The predicted molar refractivity (Wildman–Crippen MR) is 78.3 cm³/mol. The third-order valence-corrected chi connectivity index (χ3v) is 4.17. The van der Waals surface area contributed by atoms with E-state index < -0.39 is 0 Å². The molecule has 1 amide bonds. The van der Waals surface area contributed by atoms with Gasteiger partial charge in [0.05, 0.1) is 12.2 Å². The Morgan fingerprint density at radius 2 is 2.38 bits per heavy atom. The van der Waals surface area contributed by atoms with Gasteiger partial charge < -0.3 is 14.8 Å². The summed E-state index contributed by atoms with van der Waals surface area (Å²) >= 11 is 0. The number of carbonyl (C=O) groups excluding carboxylic acids is 1. The summed E-state index contributed by atoms with van der Waals surface area (Å²) in [7, 11) is 0. The number of fused-ring (bicyclic) bond motifs is 1. The topological polar surface area (TPSA) is 60.5 Å². The van der Waals surface area contributed by atoms with Gasteiger partial charge in [-0.15, -0.1) is 0 Å². The van der Waals surface area contributed by atoms with Gasteiger partial charge in [-0.05, 0) is 45.2 Å². The first-order valence-electron chi connectivity index (χ1n) is 7.69. The van der Waals surface area contributed by atoms with Crippen LogP contribution in [0.3, 0.4) is 0 Å². The Labute approximate surface area is 125 Å². The lowest BCUT2D eigenvalue weighted by atomic mass is 9.72. The van der Waals surface area contributed by atoms with Crippen molar-refractivity contribution in [2.75, 3.05) is 6.61 Å². The van der Waals surface area contributed by atoms with Gasteiger partial charge in [0.2, 0.25) is 5.88 Å². The average molecular weight is 290 g/mol. The number of nitrogens with one attached hydrogen (secondary N) is 1. The number of ether oxygens (including phenoxy) is 2. The smallest absolute Gasteiger partial charge is 0.256 e. The molecule has 1 aliphatic heterocycles. The Morgan fingerprint density at radius 1 is 1.52 bits per heavy atom. The molecule has 0 radical (unpaired) electrons. The molecule has 1 N–H and O–H groups in total. The largest absolute Gasteiger partial charge is 0.474 e. The molecule has 2 fully saturated rings. The summed E-state index contributed by atoms with van der Waals surface area (Å²) in [6.45, 7) is 4.70. The summed E-state index contributed by atoms with van der Waals surface area (Å²) in [5.74, 6) is 0.766. The average Bonchev–Trinajstić information content (AvgIpc) is 2.44. The van der Waals surface area contributed by atoms with Gasteiger partial charge in [-0.3, -0.25) is 4.79 Å². The Morgan fingerprint density at radius 3 is 3.14 bits per heavy atom. The molecule has 3 rings (SSSR count). The summed E-state index contributed by atoms with van der Waals surface area (Å²) in [5, 5.41) is 3.11. The second-order valence-electron chi connectivity index (χ2n) is 6.05. The maximum absolute atomic E-state index is 12.5. The van der Waals surface area contributed by atoms with Crippen LogP contribution >= 0.6 is 0 Å². The zero-order chi connectivity index (χ0) is 14.8. The third kappa shape index (κ3) is 3.02. The Bertz CT molecular complexity index is 518. The number of amides is 1. The number of rotatable bonds is 4. The summed E-state index contributed by atoms with van der Waals surface area (Å²) in [6.07, 6.45) is 5.11. The molecule has 1 saturated carbocycles. The van der Waals surface area contributed by atoms with Crippen LogP contribution in [0.5, 0.6) is 5.88 Å². The zero-order valence-corrected chi connectivity index (χ0v) is 12.5. The van der Waals surface area contributed by atoms with Crippen LogP contribution in [0.15, 0.2) is 18.3 Å². The summed E-state index contributed by atoms with van der Waals surface area (Å²) in [4.78, 5) is 16.6. The maximum Gasteiger partial charge on any atom is 0.256 e. The molecule has 114 valence electrons. The van der Waals surface area contributed by atoms with E-state index >= 15 is 0 Å². The molecule has 1 aromatic heterocycles. The SMILES string of the molecule is CC(C)Oc1ncccc1C(=O)N[C@@H]1C[C@@H]2OCCC[C@H]21. The molecule has 2 aliphatic rings. The summed E-state index contributed by atoms with van der Waals surface area (Å²) < 4.78 is 11.3. The molecule has 0 spiro atoms. The van der Waals surface area contributed by atoms with Gasteiger partial charge in [0.25, 0.3) is 5.91 Å². The fraction of sp³-hybridized carbons (Fsp3) is 0.625. The molecule has 1 saturated heterocycles. The van der Waals surface area contributed by atoms with E-state index in [-0.39, 0.29) is 18.1 Å². The molecule has 2 heterocycles. The number of nitrogens with zero attached hydrogens (tertiary/aromatic N) is 1. The van der Waals surface area contributed by atoms with Crippen molar-refractivity contribution in [2.45, 2.75) is 51.4 Å². The van der Waals surface area contributed by atoms with Gasteiger partial charge in [-0.1, -0.05) is 0 Å². The lowest BCUT2D eigenvalue weighted by molar-refractivity contribution is -0.100. The van der Waals surface area contributed by atoms with Gasteiger partial charge in [0.15, 0.2) is 0 Å². The molecular weight excluding hydrogens is 268 g/mol. The van der Waals surface area contributed by atoms with Crippen LogP contribution in [0, 0.1) is 5.92 Å². The second kappa shape index (κ2) is 6.02. The second-order valence-corrected chi connectivity index (χ2v) is 6.05. The molecule has 0 bridgehead atoms. The van der Waals surface area contributed by atoms with Crippen molar-refractivity contribution >= 4 is 5.91 Å². The van der Waals surface area contributed by atoms with E-state index in [1.807, 2.05) is 13.8 Å². The van der Waals surface area contributed by atoms with Crippen molar-refractivity contribution in [2.24, 2.45) is 5.92 Å². The molecule has 1 aromatic rings. The minimum absolute atomic E-state index is 0.00808. The highest BCUT2D eigenvalue weighted by Gasteiger charge is 2.44. The number of pyridine rings is 1. The van der Waals surface area contributed by atoms with Crippen LogP contribution in [0.2, 0.25) is 0 Å². The molecule has 0 unspecified atom stereocenters. The van der Waals surface area contributed by atoms with E-state index in [9.17, 15) is 4.79 Å². The lowest BCUT2D eigenvalue weighted by Gasteiger charge is -2.47. The van der Waals surface area contributed by atoms with Gasteiger partial charge in [-0.2, -0.15) is 0 Å². The quantitative estimate of drug-likeness (QED) is 0.923. The molecule has 5 heteroatoms. The molecule has 3 atom stereocenters. The highest BCUT2D eigenvalue weighted by atomic mass is 16.5. The summed E-state index contributed by atoms with van der Waals surface area (Å²) in [5.41, 5.74) is 0.506. The van der Waals surface area contributed by atoms with Crippen LogP contribution in [0.4, 0.5) is 0 Å². The number of hydrogen-bond acceptors (Lipinski definition) is 4. The van der Waals surface area contributed by atoms with E-state index in [0.29, 0.717) is 23.5 Å². The number of hydrogen-bond donors (Lipinski definition) is 1. The highest BCUT2D eigenvalue weighted by Crippen LogP contribution is 2.38. The zero-order valence-electron chi connectivity index (χ0n) is 12.5. The van der Waals surface area contributed by atoms with E-state index in [4.69, 9.17) is 9.47 Å². The van der Waals surface area contributed by atoms with Crippen molar-refractivity contribution in [3.05, 3.63) is 23.9 Å². The van der Waals surface area contributed by atoms with E-state index in [2.05, 4.69) is 10.3 Å². The Balaban J connectivity index is 1.66. The van der Waals surface area contributed by atoms with E-state index in [1.54, 1.807) is 18.3 Å². The highest BCUT2D eigenvalue weighted by molar-refractivity contribution is 5.96. The van der Waals surface area contributed by atoms with Crippen molar-refractivity contribution in [3.63, 3.8) is 0 Å². The van der Waals surface area contributed by atoms with Crippen molar-refractivity contribution in [1.82, 2.24) is 10.3 Å². The Kier molecular flexibility index (Phi) is 4.10. The third-order valence-electron chi connectivity index (χ3n) is 4.17. The first-order chi connectivity index (χ1) is 10.1.